The molecule has 0 unspecified atom stereocenters. The Balaban J connectivity index is 0.000000720. The molecule has 2 aromatic rings. The molecule has 0 aromatic carbocycles. The van der Waals surface area contributed by atoms with Crippen molar-refractivity contribution in [3.8, 4) is 0 Å². The Hall–Kier alpha value is -1.44. The normalized spacial score (nSPS) is 9.42. The Bertz CT molecular complexity index is 382. The first-order chi connectivity index (χ1) is 5.36. The maximum Gasteiger partial charge on any atom is 0.0735 e. The molecule has 0 saturated heterocycles. The highest BCUT2D eigenvalue weighted by Gasteiger charge is 1.91. The molecule has 0 N–H and O–H groups in total. The average molecular weight is 160 g/mol. The van der Waals surface area contributed by atoms with Crippen molar-refractivity contribution >= 4 is 10.9 Å². The molecule has 0 bridgehead atoms. The molecule has 0 atom stereocenters. The van der Waals surface area contributed by atoms with Crippen LogP contribution >= 0.6 is 0 Å². The molecular formula is C10H12N2. The van der Waals surface area contributed by atoms with Crippen molar-refractivity contribution in [2.75, 3.05) is 0 Å². The molecule has 2 heterocycles. The van der Waals surface area contributed by atoms with Gasteiger partial charge in [-0.15, -0.1) is 0 Å². The number of rotatable bonds is 0. The van der Waals surface area contributed by atoms with Gasteiger partial charge >= 0.3 is 0 Å². The van der Waals surface area contributed by atoms with Crippen LogP contribution in [0.2, 0.25) is 0 Å². The Morgan fingerprint density at radius 2 is 2.00 bits per heavy atom. The number of pyridine rings is 2. The van der Waals surface area contributed by atoms with E-state index >= 15 is 0 Å². The second kappa shape index (κ2) is 3.30. The van der Waals surface area contributed by atoms with E-state index in [1.54, 1.807) is 6.20 Å². The van der Waals surface area contributed by atoms with Crippen LogP contribution in [-0.2, 0) is 0 Å². The Kier molecular flexibility index (Phi) is 2.38. The number of hydrogen-bond donors (Lipinski definition) is 0. The summed E-state index contributed by atoms with van der Waals surface area (Å²) in [6.45, 7) is 1.99. The quantitative estimate of drug-likeness (QED) is 0.592. The van der Waals surface area contributed by atoms with Crippen LogP contribution in [0, 0.1) is 6.92 Å². The minimum absolute atomic E-state index is 0. The number of nitrogens with zero attached hydrogens (tertiary/aromatic N) is 2. The lowest BCUT2D eigenvalue weighted by atomic mass is 10.2. The van der Waals surface area contributed by atoms with Crippen LogP contribution in [0.4, 0.5) is 0 Å². The van der Waals surface area contributed by atoms with Gasteiger partial charge in [-0.3, -0.25) is 9.97 Å². The average Bonchev–Trinajstić information content (AvgIpc) is 2.04. The molecule has 0 amide bonds. The van der Waals surface area contributed by atoms with E-state index < -0.39 is 0 Å². The second-order valence-electron chi connectivity index (χ2n) is 2.52. The fourth-order valence-corrected chi connectivity index (χ4v) is 1.07. The number of aromatic nitrogens is 2. The first-order valence-corrected chi connectivity index (χ1v) is 3.53. The summed E-state index contributed by atoms with van der Waals surface area (Å²) < 4.78 is 0. The molecule has 62 valence electrons. The molecule has 0 saturated carbocycles. The van der Waals surface area contributed by atoms with Crippen molar-refractivity contribution in [2.45, 2.75) is 14.4 Å². The first-order valence-electron chi connectivity index (χ1n) is 3.53. The molecule has 2 aromatic heterocycles. The summed E-state index contributed by atoms with van der Waals surface area (Å²) in [6.07, 6.45) is 3.58. The van der Waals surface area contributed by atoms with E-state index in [-0.39, 0.29) is 7.43 Å². The Labute approximate surface area is 72.3 Å². The molecule has 2 heteroatoms. The van der Waals surface area contributed by atoms with E-state index in [1.807, 2.05) is 31.3 Å². The van der Waals surface area contributed by atoms with Gasteiger partial charge in [0.05, 0.1) is 5.52 Å². The van der Waals surface area contributed by atoms with Crippen LogP contribution in [0.15, 0.2) is 30.6 Å². The van der Waals surface area contributed by atoms with Crippen molar-refractivity contribution < 1.29 is 0 Å². The number of aryl methyl sites for hydroxylation is 1. The van der Waals surface area contributed by atoms with Gasteiger partial charge in [0.1, 0.15) is 0 Å². The fraction of sp³-hybridized carbons (Fsp3) is 0.200. The summed E-state index contributed by atoms with van der Waals surface area (Å²) in [5.74, 6) is 0. The maximum atomic E-state index is 4.34. The molecule has 2 nitrogen and oxygen atoms in total. The maximum absolute atomic E-state index is 4.34. The molecule has 2 rings (SSSR count). The van der Waals surface area contributed by atoms with Gasteiger partial charge in [-0.25, -0.2) is 0 Å². The summed E-state index contributed by atoms with van der Waals surface area (Å²) in [7, 11) is 0. The molecule has 0 aliphatic rings. The SMILES string of the molecule is C.Cc1ccc2cnccc2n1. The summed E-state index contributed by atoms with van der Waals surface area (Å²) in [5.41, 5.74) is 2.06. The molecule has 12 heavy (non-hydrogen) atoms. The topological polar surface area (TPSA) is 25.8 Å². The van der Waals surface area contributed by atoms with Gasteiger partial charge in [0, 0.05) is 23.5 Å². The van der Waals surface area contributed by atoms with Gasteiger partial charge in [0.2, 0.25) is 0 Å². The van der Waals surface area contributed by atoms with Crippen LogP contribution in [0.5, 0.6) is 0 Å². The largest absolute Gasteiger partial charge is 0.264 e. The highest BCUT2D eigenvalue weighted by molar-refractivity contribution is 5.77. The zero-order valence-corrected chi connectivity index (χ0v) is 6.28. The summed E-state index contributed by atoms with van der Waals surface area (Å²) in [4.78, 5) is 8.34. The van der Waals surface area contributed by atoms with Crippen molar-refractivity contribution in [1.29, 1.82) is 0 Å². The van der Waals surface area contributed by atoms with E-state index in [2.05, 4.69) is 9.97 Å². The van der Waals surface area contributed by atoms with Crippen LogP contribution in [-0.4, -0.2) is 9.97 Å². The van der Waals surface area contributed by atoms with Gasteiger partial charge in [-0.1, -0.05) is 7.43 Å². The van der Waals surface area contributed by atoms with Gasteiger partial charge in [-0.05, 0) is 25.1 Å². The third-order valence-corrected chi connectivity index (χ3v) is 1.63. The van der Waals surface area contributed by atoms with Gasteiger partial charge < -0.3 is 0 Å². The van der Waals surface area contributed by atoms with Crippen molar-refractivity contribution in [3.05, 3.63) is 36.3 Å². The predicted molar refractivity (Wildman–Crippen MR) is 51.0 cm³/mol. The van der Waals surface area contributed by atoms with Crippen LogP contribution in [0.1, 0.15) is 13.1 Å². The zero-order chi connectivity index (χ0) is 7.68. The summed E-state index contributed by atoms with van der Waals surface area (Å²) >= 11 is 0. The van der Waals surface area contributed by atoms with E-state index in [9.17, 15) is 0 Å². The summed E-state index contributed by atoms with van der Waals surface area (Å²) in [6, 6.07) is 5.94. The summed E-state index contributed by atoms with van der Waals surface area (Å²) in [5, 5.41) is 1.10. The van der Waals surface area contributed by atoms with Gasteiger partial charge in [0.25, 0.3) is 0 Å². The van der Waals surface area contributed by atoms with E-state index in [1.165, 1.54) is 0 Å². The number of fused-ring (bicyclic) bond motifs is 1. The molecule has 0 spiro atoms. The van der Waals surface area contributed by atoms with E-state index in [4.69, 9.17) is 0 Å². The molecule has 0 radical (unpaired) electrons. The third kappa shape index (κ3) is 1.42. The third-order valence-electron chi connectivity index (χ3n) is 1.63. The second-order valence-corrected chi connectivity index (χ2v) is 2.52. The Morgan fingerprint density at radius 1 is 1.17 bits per heavy atom. The smallest absolute Gasteiger partial charge is 0.0735 e. The van der Waals surface area contributed by atoms with Crippen LogP contribution in [0.25, 0.3) is 10.9 Å². The molecule has 0 aliphatic carbocycles. The monoisotopic (exact) mass is 160 g/mol. The standard InChI is InChI=1S/C9H8N2.CH4/c1-7-2-3-8-6-10-5-4-9(8)11-7;/h2-6H,1H3;1H4. The predicted octanol–water partition coefficient (Wildman–Crippen LogP) is 2.57. The van der Waals surface area contributed by atoms with Gasteiger partial charge in [-0.2, -0.15) is 0 Å². The highest BCUT2D eigenvalue weighted by Crippen LogP contribution is 2.08. The highest BCUT2D eigenvalue weighted by atomic mass is 14.7. The minimum Gasteiger partial charge on any atom is -0.264 e. The lowest BCUT2D eigenvalue weighted by molar-refractivity contribution is 1.24. The first kappa shape index (κ1) is 8.65. The minimum atomic E-state index is 0. The lowest BCUT2D eigenvalue weighted by Crippen LogP contribution is -1.82. The molecular weight excluding hydrogens is 148 g/mol. The van der Waals surface area contributed by atoms with Crippen molar-refractivity contribution in [3.63, 3.8) is 0 Å². The lowest BCUT2D eigenvalue weighted by Gasteiger charge is -1.95. The van der Waals surface area contributed by atoms with E-state index in [0.29, 0.717) is 0 Å². The molecule has 0 fully saturated rings. The fourth-order valence-electron chi connectivity index (χ4n) is 1.07. The Morgan fingerprint density at radius 3 is 2.83 bits per heavy atom. The zero-order valence-electron chi connectivity index (χ0n) is 6.28. The van der Waals surface area contributed by atoms with Crippen LogP contribution < -0.4 is 0 Å². The molecule has 0 aliphatic heterocycles. The van der Waals surface area contributed by atoms with Gasteiger partial charge in [0.15, 0.2) is 0 Å². The number of hydrogen-bond acceptors (Lipinski definition) is 2. The van der Waals surface area contributed by atoms with Crippen molar-refractivity contribution in [1.82, 2.24) is 9.97 Å². The van der Waals surface area contributed by atoms with Crippen LogP contribution in [0.3, 0.4) is 0 Å². The van der Waals surface area contributed by atoms with E-state index in [0.717, 1.165) is 16.6 Å². The van der Waals surface area contributed by atoms with Crippen molar-refractivity contribution in [2.24, 2.45) is 0 Å².